The van der Waals surface area contributed by atoms with Crippen LogP contribution in [0.5, 0.6) is 5.75 Å². The Balaban J connectivity index is 1.92. The number of hydrogen-bond acceptors (Lipinski definition) is 6. The van der Waals surface area contributed by atoms with Crippen molar-refractivity contribution >= 4 is 17.6 Å². The van der Waals surface area contributed by atoms with Gasteiger partial charge in [0.2, 0.25) is 0 Å². The topological polar surface area (TPSA) is 74.5 Å². The summed E-state index contributed by atoms with van der Waals surface area (Å²) in [5.74, 6) is 0.310. The molecule has 0 aliphatic rings. The molecule has 0 fully saturated rings. The van der Waals surface area contributed by atoms with Crippen molar-refractivity contribution in [2.75, 3.05) is 6.61 Å². The lowest BCUT2D eigenvalue weighted by atomic mass is 10.1. The van der Waals surface area contributed by atoms with E-state index in [4.69, 9.17) is 25.6 Å². The van der Waals surface area contributed by atoms with E-state index in [1.807, 2.05) is 30.3 Å². The van der Waals surface area contributed by atoms with Gasteiger partial charge in [-0.1, -0.05) is 47.1 Å². The minimum Gasteiger partial charge on any atom is -0.488 e. The van der Waals surface area contributed by atoms with Crippen molar-refractivity contribution < 1.29 is 18.8 Å². The van der Waals surface area contributed by atoms with E-state index in [1.165, 1.54) is 6.07 Å². The molecule has 0 saturated carbocycles. The molecule has 26 heavy (non-hydrogen) atoms. The van der Waals surface area contributed by atoms with E-state index < -0.39 is 5.97 Å². The molecule has 0 N–H and O–H groups in total. The number of aromatic nitrogens is 2. The van der Waals surface area contributed by atoms with Crippen LogP contribution in [-0.2, 0) is 11.3 Å². The summed E-state index contributed by atoms with van der Waals surface area (Å²) in [5, 5.41) is 4.07. The monoisotopic (exact) mass is 372 g/mol. The molecule has 2 aromatic heterocycles. The number of hydrogen-bond donors (Lipinski definition) is 0. The summed E-state index contributed by atoms with van der Waals surface area (Å²) in [6, 6.07) is 12.8. The quantitative estimate of drug-likeness (QED) is 0.470. The average Bonchev–Trinajstić information content (AvgIpc) is 3.10. The normalized spacial score (nSPS) is 10.6. The highest BCUT2D eigenvalue weighted by Crippen LogP contribution is 2.35. The maximum absolute atomic E-state index is 11.8. The second kappa shape index (κ2) is 8.01. The molecular formula is C19H17ClN2O4. The second-order valence-electron chi connectivity index (χ2n) is 5.47. The Labute approximate surface area is 155 Å². The van der Waals surface area contributed by atoms with Gasteiger partial charge in [0.1, 0.15) is 17.5 Å². The summed E-state index contributed by atoms with van der Waals surface area (Å²) < 4.78 is 16.2. The SMILES string of the molecule is CCOC(=O)c1cc(-c2c(OCc3ccccc3)cc(Cl)nc2C)on1. The molecule has 0 spiro atoms. The molecule has 6 nitrogen and oxygen atoms in total. The average molecular weight is 373 g/mol. The minimum atomic E-state index is -0.547. The van der Waals surface area contributed by atoms with Crippen LogP contribution in [0.15, 0.2) is 47.0 Å². The maximum Gasteiger partial charge on any atom is 0.360 e. The molecule has 0 saturated heterocycles. The van der Waals surface area contributed by atoms with Crippen LogP contribution < -0.4 is 4.74 Å². The molecular weight excluding hydrogens is 356 g/mol. The Morgan fingerprint density at radius 3 is 2.73 bits per heavy atom. The zero-order valence-corrected chi connectivity index (χ0v) is 15.1. The number of carbonyl (C=O) groups excluding carboxylic acids is 1. The van der Waals surface area contributed by atoms with E-state index in [-0.39, 0.29) is 12.3 Å². The third-order valence-corrected chi connectivity index (χ3v) is 3.80. The van der Waals surface area contributed by atoms with Gasteiger partial charge in [-0.3, -0.25) is 0 Å². The van der Waals surface area contributed by atoms with Crippen LogP contribution in [0.4, 0.5) is 0 Å². The number of carbonyl (C=O) groups is 1. The highest BCUT2D eigenvalue weighted by atomic mass is 35.5. The van der Waals surface area contributed by atoms with Crippen molar-refractivity contribution in [1.29, 1.82) is 0 Å². The van der Waals surface area contributed by atoms with Crippen molar-refractivity contribution in [2.45, 2.75) is 20.5 Å². The Morgan fingerprint density at radius 1 is 1.23 bits per heavy atom. The lowest BCUT2D eigenvalue weighted by Crippen LogP contribution is -2.04. The molecule has 0 bridgehead atoms. The minimum absolute atomic E-state index is 0.0882. The van der Waals surface area contributed by atoms with E-state index in [0.717, 1.165) is 5.56 Å². The molecule has 0 atom stereocenters. The predicted molar refractivity (Wildman–Crippen MR) is 96.2 cm³/mol. The van der Waals surface area contributed by atoms with Gasteiger partial charge in [0.25, 0.3) is 0 Å². The van der Waals surface area contributed by atoms with E-state index in [0.29, 0.717) is 34.5 Å². The van der Waals surface area contributed by atoms with E-state index in [9.17, 15) is 4.79 Å². The van der Waals surface area contributed by atoms with Crippen LogP contribution in [0, 0.1) is 6.92 Å². The number of esters is 1. The first-order chi connectivity index (χ1) is 12.6. The van der Waals surface area contributed by atoms with Gasteiger partial charge in [0.15, 0.2) is 11.5 Å². The Morgan fingerprint density at radius 2 is 2.00 bits per heavy atom. The Kier molecular flexibility index (Phi) is 5.53. The van der Waals surface area contributed by atoms with Gasteiger partial charge in [0, 0.05) is 12.1 Å². The molecule has 3 aromatic rings. The zero-order valence-electron chi connectivity index (χ0n) is 14.4. The van der Waals surface area contributed by atoms with Crippen molar-refractivity contribution in [3.63, 3.8) is 0 Å². The summed E-state index contributed by atoms with van der Waals surface area (Å²) >= 11 is 6.08. The largest absolute Gasteiger partial charge is 0.488 e. The lowest BCUT2D eigenvalue weighted by molar-refractivity contribution is 0.0514. The first-order valence-corrected chi connectivity index (χ1v) is 8.44. The van der Waals surface area contributed by atoms with E-state index >= 15 is 0 Å². The molecule has 7 heteroatoms. The second-order valence-corrected chi connectivity index (χ2v) is 5.86. The highest BCUT2D eigenvalue weighted by Gasteiger charge is 2.20. The van der Waals surface area contributed by atoms with Gasteiger partial charge in [-0.15, -0.1) is 0 Å². The fourth-order valence-electron chi connectivity index (χ4n) is 2.45. The summed E-state index contributed by atoms with van der Waals surface area (Å²) in [7, 11) is 0. The summed E-state index contributed by atoms with van der Waals surface area (Å²) in [6.45, 7) is 4.12. The van der Waals surface area contributed by atoms with Crippen molar-refractivity contribution in [3.8, 4) is 17.1 Å². The van der Waals surface area contributed by atoms with Gasteiger partial charge in [-0.25, -0.2) is 9.78 Å². The smallest absolute Gasteiger partial charge is 0.360 e. The molecule has 2 heterocycles. The first-order valence-electron chi connectivity index (χ1n) is 8.06. The molecule has 0 aliphatic heterocycles. The number of ether oxygens (including phenoxy) is 2. The van der Waals surface area contributed by atoms with Gasteiger partial charge >= 0.3 is 5.97 Å². The number of aryl methyl sites for hydroxylation is 1. The van der Waals surface area contributed by atoms with Crippen molar-refractivity contribution in [1.82, 2.24) is 10.1 Å². The standard InChI is InChI=1S/C19H17ClN2O4/c1-3-24-19(23)14-9-16(26-22-14)18-12(2)21-17(20)10-15(18)25-11-13-7-5-4-6-8-13/h4-10H,3,11H2,1-2H3. The number of benzene rings is 1. The fraction of sp³-hybridized carbons (Fsp3) is 0.211. The molecule has 0 radical (unpaired) electrons. The van der Waals surface area contributed by atoms with Crippen LogP contribution in [0.2, 0.25) is 5.15 Å². The van der Waals surface area contributed by atoms with Gasteiger partial charge in [-0.05, 0) is 19.4 Å². The van der Waals surface area contributed by atoms with Crippen LogP contribution in [0.3, 0.4) is 0 Å². The summed E-state index contributed by atoms with van der Waals surface area (Å²) in [5.41, 5.74) is 2.29. The molecule has 0 aliphatic carbocycles. The van der Waals surface area contributed by atoms with Crippen LogP contribution in [-0.4, -0.2) is 22.7 Å². The van der Waals surface area contributed by atoms with Gasteiger partial charge in [0.05, 0.1) is 17.9 Å². The lowest BCUT2D eigenvalue weighted by Gasteiger charge is -2.12. The summed E-state index contributed by atoms with van der Waals surface area (Å²) in [4.78, 5) is 16.0. The zero-order chi connectivity index (χ0) is 18.5. The van der Waals surface area contributed by atoms with Crippen LogP contribution in [0.25, 0.3) is 11.3 Å². The van der Waals surface area contributed by atoms with E-state index in [1.54, 1.807) is 19.9 Å². The van der Waals surface area contributed by atoms with Crippen molar-refractivity contribution in [2.24, 2.45) is 0 Å². The molecule has 134 valence electrons. The number of pyridine rings is 1. The van der Waals surface area contributed by atoms with E-state index in [2.05, 4.69) is 10.1 Å². The highest BCUT2D eigenvalue weighted by molar-refractivity contribution is 6.29. The molecule has 0 unspecified atom stereocenters. The summed E-state index contributed by atoms with van der Waals surface area (Å²) in [6.07, 6.45) is 0. The van der Waals surface area contributed by atoms with Gasteiger partial charge < -0.3 is 14.0 Å². The predicted octanol–water partition coefficient (Wildman–Crippen LogP) is 4.45. The van der Waals surface area contributed by atoms with Gasteiger partial charge in [-0.2, -0.15) is 0 Å². The molecule has 3 rings (SSSR count). The van der Waals surface area contributed by atoms with Crippen molar-refractivity contribution in [3.05, 3.63) is 64.6 Å². The third-order valence-electron chi connectivity index (χ3n) is 3.61. The van der Waals surface area contributed by atoms with Crippen LogP contribution >= 0.6 is 11.6 Å². The Bertz CT molecular complexity index is 909. The third kappa shape index (κ3) is 4.03. The number of halogens is 1. The molecule has 0 amide bonds. The number of rotatable bonds is 6. The fourth-order valence-corrected chi connectivity index (χ4v) is 2.68. The van der Waals surface area contributed by atoms with Crippen LogP contribution in [0.1, 0.15) is 28.7 Å². The Hall–Kier alpha value is -2.86. The number of nitrogens with zero attached hydrogens (tertiary/aromatic N) is 2. The maximum atomic E-state index is 11.8. The first kappa shape index (κ1) is 17.9. The molecule has 1 aromatic carbocycles.